The van der Waals surface area contributed by atoms with E-state index in [1.54, 1.807) is 12.3 Å². The molecule has 0 bridgehead atoms. The molecule has 0 saturated carbocycles. The fourth-order valence-corrected chi connectivity index (χ4v) is 1.55. The molecule has 2 heteroatoms. The summed E-state index contributed by atoms with van der Waals surface area (Å²) >= 11 is 0. The lowest BCUT2D eigenvalue weighted by Gasteiger charge is -2.06. The summed E-state index contributed by atoms with van der Waals surface area (Å²) in [5.74, 6) is -0.156. The van der Waals surface area contributed by atoms with Crippen molar-refractivity contribution in [2.45, 2.75) is 6.92 Å². The molecule has 1 aromatic rings. The minimum Gasteiger partial charge on any atom is -0.288 e. The third kappa shape index (κ3) is 1.39. The van der Waals surface area contributed by atoms with Crippen LogP contribution in [0.3, 0.4) is 0 Å². The molecule has 0 radical (unpaired) electrons. The van der Waals surface area contributed by atoms with Crippen molar-refractivity contribution in [2.24, 2.45) is 4.99 Å². The van der Waals surface area contributed by atoms with Gasteiger partial charge >= 0.3 is 0 Å². The first-order chi connectivity index (χ1) is 6.29. The van der Waals surface area contributed by atoms with Crippen LogP contribution >= 0.6 is 0 Å². The number of benzene rings is 1. The van der Waals surface area contributed by atoms with Crippen molar-refractivity contribution in [3.05, 3.63) is 41.2 Å². The molecule has 0 atom stereocenters. The summed E-state index contributed by atoms with van der Waals surface area (Å²) in [4.78, 5) is 4.04. The Kier molecular flexibility index (Phi) is 1.97. The summed E-state index contributed by atoms with van der Waals surface area (Å²) in [5, 5.41) is 0. The van der Waals surface area contributed by atoms with E-state index in [1.807, 2.05) is 19.1 Å². The molecule has 1 aromatic carbocycles. The summed E-state index contributed by atoms with van der Waals surface area (Å²) in [6.07, 6.45) is 3.59. The zero-order valence-corrected chi connectivity index (χ0v) is 7.42. The maximum Gasteiger partial charge on any atom is 0.131 e. The van der Waals surface area contributed by atoms with Crippen LogP contribution in [0.15, 0.2) is 29.3 Å². The second-order valence-electron chi connectivity index (χ2n) is 3.11. The first kappa shape index (κ1) is 8.17. The molecule has 0 N–H and O–H groups in total. The number of hydrogen-bond acceptors (Lipinski definition) is 1. The minimum absolute atomic E-state index is 0.156. The lowest BCUT2D eigenvalue weighted by molar-refractivity contribution is 0.622. The van der Waals surface area contributed by atoms with Crippen molar-refractivity contribution in [3.8, 4) is 0 Å². The van der Waals surface area contributed by atoms with Gasteiger partial charge in [0.1, 0.15) is 5.82 Å². The standard InChI is InChI=1S/C11H10FN/c1-8-3-2-4-10(12)11(8)9-5-6-13-7-9/h2-6H,7H2,1H3. The minimum atomic E-state index is -0.156. The van der Waals surface area contributed by atoms with Crippen LogP contribution in [-0.4, -0.2) is 12.8 Å². The Morgan fingerprint density at radius 1 is 1.38 bits per heavy atom. The average Bonchev–Trinajstić information content (AvgIpc) is 2.57. The highest BCUT2D eigenvalue weighted by Crippen LogP contribution is 2.23. The second kappa shape index (κ2) is 3.13. The van der Waals surface area contributed by atoms with Gasteiger partial charge in [-0.2, -0.15) is 0 Å². The van der Waals surface area contributed by atoms with Crippen molar-refractivity contribution >= 4 is 11.8 Å². The Labute approximate surface area is 76.6 Å². The average molecular weight is 175 g/mol. The largest absolute Gasteiger partial charge is 0.288 e. The van der Waals surface area contributed by atoms with Gasteiger partial charge in [-0.1, -0.05) is 12.1 Å². The quantitative estimate of drug-likeness (QED) is 0.622. The Balaban J connectivity index is 2.50. The van der Waals surface area contributed by atoms with Gasteiger partial charge in [0, 0.05) is 11.8 Å². The van der Waals surface area contributed by atoms with Crippen molar-refractivity contribution in [1.82, 2.24) is 0 Å². The highest BCUT2D eigenvalue weighted by molar-refractivity contribution is 5.90. The zero-order chi connectivity index (χ0) is 9.26. The van der Waals surface area contributed by atoms with E-state index in [4.69, 9.17) is 0 Å². The molecule has 0 unspecified atom stereocenters. The summed E-state index contributed by atoms with van der Waals surface area (Å²) in [7, 11) is 0. The monoisotopic (exact) mass is 175 g/mol. The molecule has 0 spiro atoms. The fraction of sp³-hybridized carbons (Fsp3) is 0.182. The molecule has 0 fully saturated rings. The van der Waals surface area contributed by atoms with Gasteiger partial charge in [0.15, 0.2) is 0 Å². The number of allylic oxidation sites excluding steroid dienone is 1. The summed E-state index contributed by atoms with van der Waals surface area (Å²) in [6, 6.07) is 5.13. The molecule has 66 valence electrons. The molecule has 0 amide bonds. The van der Waals surface area contributed by atoms with Crippen LogP contribution < -0.4 is 0 Å². The first-order valence-electron chi connectivity index (χ1n) is 4.23. The van der Waals surface area contributed by atoms with Crippen molar-refractivity contribution in [2.75, 3.05) is 6.54 Å². The molecule has 13 heavy (non-hydrogen) atoms. The van der Waals surface area contributed by atoms with Crippen LogP contribution in [0.4, 0.5) is 4.39 Å². The Hall–Kier alpha value is -1.44. The topological polar surface area (TPSA) is 12.4 Å². The number of rotatable bonds is 1. The fourth-order valence-electron chi connectivity index (χ4n) is 1.55. The van der Waals surface area contributed by atoms with Gasteiger partial charge in [-0.3, -0.25) is 4.99 Å². The Morgan fingerprint density at radius 2 is 2.23 bits per heavy atom. The lowest BCUT2D eigenvalue weighted by Crippen LogP contribution is -1.94. The summed E-state index contributed by atoms with van der Waals surface area (Å²) < 4.78 is 13.4. The molecule has 1 nitrogen and oxygen atoms in total. The van der Waals surface area contributed by atoms with Gasteiger partial charge in [-0.15, -0.1) is 0 Å². The molecule has 0 aliphatic carbocycles. The normalized spacial score (nSPS) is 14.8. The summed E-state index contributed by atoms with van der Waals surface area (Å²) in [5.41, 5.74) is 2.65. The van der Waals surface area contributed by atoms with E-state index in [0.29, 0.717) is 12.1 Å². The third-order valence-electron chi connectivity index (χ3n) is 2.19. The molecular weight excluding hydrogens is 165 g/mol. The van der Waals surface area contributed by atoms with Gasteiger partial charge in [-0.05, 0) is 30.2 Å². The SMILES string of the molecule is Cc1cccc(F)c1C1=CC=NC1. The van der Waals surface area contributed by atoms with Crippen LogP contribution in [0, 0.1) is 12.7 Å². The predicted octanol–water partition coefficient (Wildman–Crippen LogP) is 2.60. The van der Waals surface area contributed by atoms with Crippen LogP contribution in [-0.2, 0) is 0 Å². The van der Waals surface area contributed by atoms with E-state index >= 15 is 0 Å². The van der Waals surface area contributed by atoms with E-state index in [9.17, 15) is 4.39 Å². The van der Waals surface area contributed by atoms with Gasteiger partial charge < -0.3 is 0 Å². The maximum atomic E-state index is 13.4. The van der Waals surface area contributed by atoms with E-state index in [0.717, 1.165) is 11.1 Å². The third-order valence-corrected chi connectivity index (χ3v) is 2.19. The van der Waals surface area contributed by atoms with Gasteiger partial charge in [-0.25, -0.2) is 4.39 Å². The molecule has 1 aliphatic rings. The van der Waals surface area contributed by atoms with Gasteiger partial charge in [0.05, 0.1) is 6.54 Å². The molecule has 1 aliphatic heterocycles. The zero-order valence-electron chi connectivity index (χ0n) is 7.42. The van der Waals surface area contributed by atoms with Crippen LogP contribution in [0.5, 0.6) is 0 Å². The summed E-state index contributed by atoms with van der Waals surface area (Å²) in [6.45, 7) is 2.51. The Morgan fingerprint density at radius 3 is 2.85 bits per heavy atom. The molecule has 1 heterocycles. The molecule has 2 rings (SSSR count). The molecule has 0 saturated heterocycles. The number of aryl methyl sites for hydroxylation is 1. The highest BCUT2D eigenvalue weighted by atomic mass is 19.1. The van der Waals surface area contributed by atoms with Crippen LogP contribution in [0.1, 0.15) is 11.1 Å². The van der Waals surface area contributed by atoms with E-state index in [-0.39, 0.29) is 5.82 Å². The van der Waals surface area contributed by atoms with E-state index < -0.39 is 0 Å². The van der Waals surface area contributed by atoms with Crippen molar-refractivity contribution < 1.29 is 4.39 Å². The van der Waals surface area contributed by atoms with Crippen LogP contribution in [0.2, 0.25) is 0 Å². The van der Waals surface area contributed by atoms with E-state index in [2.05, 4.69) is 4.99 Å². The first-order valence-corrected chi connectivity index (χ1v) is 4.23. The highest BCUT2D eigenvalue weighted by Gasteiger charge is 2.11. The Bertz CT molecular complexity index is 371. The predicted molar refractivity (Wildman–Crippen MR) is 52.5 cm³/mol. The number of aliphatic imine (C=N–C) groups is 1. The smallest absolute Gasteiger partial charge is 0.131 e. The number of nitrogens with zero attached hydrogens (tertiary/aromatic N) is 1. The molecule has 0 aromatic heterocycles. The molecular formula is C11H10FN. The lowest BCUT2D eigenvalue weighted by atomic mass is 10.0. The van der Waals surface area contributed by atoms with Crippen molar-refractivity contribution in [3.63, 3.8) is 0 Å². The van der Waals surface area contributed by atoms with Crippen molar-refractivity contribution in [1.29, 1.82) is 0 Å². The van der Waals surface area contributed by atoms with Crippen LogP contribution in [0.25, 0.3) is 5.57 Å². The van der Waals surface area contributed by atoms with Gasteiger partial charge in [0.25, 0.3) is 0 Å². The number of hydrogen-bond donors (Lipinski definition) is 0. The van der Waals surface area contributed by atoms with E-state index in [1.165, 1.54) is 6.07 Å². The maximum absolute atomic E-state index is 13.4. The second-order valence-corrected chi connectivity index (χ2v) is 3.11. The van der Waals surface area contributed by atoms with Gasteiger partial charge in [0.2, 0.25) is 0 Å². The number of halogens is 1.